The van der Waals surface area contributed by atoms with Gasteiger partial charge in [0.2, 0.25) is 0 Å². The molecule has 1 N–H and O–H groups in total. The third-order valence-corrected chi connectivity index (χ3v) is 3.43. The fourth-order valence-electron chi connectivity index (χ4n) is 2.25. The quantitative estimate of drug-likeness (QED) is 0.837. The number of hydrogen-bond acceptors (Lipinski definition) is 5. The molecular weight excluding hydrogens is 256 g/mol. The fourth-order valence-corrected chi connectivity index (χ4v) is 2.43. The molecule has 0 aromatic carbocycles. The van der Waals surface area contributed by atoms with Crippen LogP contribution in [-0.2, 0) is 4.74 Å². The van der Waals surface area contributed by atoms with Crippen molar-refractivity contribution in [2.75, 3.05) is 6.61 Å². The minimum atomic E-state index is -0.146. The highest BCUT2D eigenvalue weighted by Gasteiger charge is 2.25. The van der Waals surface area contributed by atoms with Gasteiger partial charge in [-0.1, -0.05) is 11.6 Å². The minimum absolute atomic E-state index is 0.0405. The first-order chi connectivity index (χ1) is 8.79. The molecular formula is C11H13ClN4O2. The first-order valence-corrected chi connectivity index (χ1v) is 6.26. The summed E-state index contributed by atoms with van der Waals surface area (Å²) < 4.78 is 7.65. The zero-order chi connectivity index (χ0) is 12.5. The highest BCUT2D eigenvalue weighted by atomic mass is 35.5. The molecule has 6 nitrogen and oxygen atoms in total. The second-order valence-electron chi connectivity index (χ2n) is 4.31. The van der Waals surface area contributed by atoms with Crippen LogP contribution in [0.4, 0.5) is 0 Å². The van der Waals surface area contributed by atoms with Gasteiger partial charge >= 0.3 is 0 Å². The number of hydrogen-bond donors (Lipinski definition) is 1. The maximum atomic E-state index is 9.17. The molecule has 18 heavy (non-hydrogen) atoms. The molecule has 0 aliphatic carbocycles. The molecule has 1 fully saturated rings. The normalized spacial score (nSPS) is 24.6. The van der Waals surface area contributed by atoms with Crippen molar-refractivity contribution in [1.29, 1.82) is 0 Å². The lowest BCUT2D eigenvalue weighted by Crippen LogP contribution is -2.28. The summed E-state index contributed by atoms with van der Waals surface area (Å²) in [7, 11) is 0. The van der Waals surface area contributed by atoms with Crippen molar-refractivity contribution in [1.82, 2.24) is 19.5 Å². The Morgan fingerprint density at radius 1 is 1.39 bits per heavy atom. The van der Waals surface area contributed by atoms with Gasteiger partial charge in [0.25, 0.3) is 0 Å². The van der Waals surface area contributed by atoms with Crippen molar-refractivity contribution < 1.29 is 9.84 Å². The van der Waals surface area contributed by atoms with Crippen molar-refractivity contribution in [3.8, 4) is 0 Å². The zero-order valence-electron chi connectivity index (χ0n) is 9.66. The van der Waals surface area contributed by atoms with Crippen molar-refractivity contribution in [2.24, 2.45) is 0 Å². The summed E-state index contributed by atoms with van der Waals surface area (Å²) in [6.45, 7) is 0.0405. The van der Waals surface area contributed by atoms with E-state index in [4.69, 9.17) is 21.4 Å². The summed E-state index contributed by atoms with van der Waals surface area (Å²) in [5.41, 5.74) is 1.24. The summed E-state index contributed by atoms with van der Waals surface area (Å²) in [5, 5.41) is 9.51. The number of aromatic nitrogens is 4. The third-order valence-electron chi connectivity index (χ3n) is 3.15. The Hall–Kier alpha value is -1.24. The fraction of sp³-hybridized carbons (Fsp3) is 0.545. The minimum Gasteiger partial charge on any atom is -0.394 e. The van der Waals surface area contributed by atoms with Crippen molar-refractivity contribution in [2.45, 2.75) is 31.6 Å². The molecule has 2 aromatic rings. The number of aliphatic hydroxyl groups is 1. The molecule has 1 aliphatic rings. The van der Waals surface area contributed by atoms with Gasteiger partial charge in [-0.25, -0.2) is 15.0 Å². The van der Waals surface area contributed by atoms with Crippen LogP contribution in [0.1, 0.15) is 25.5 Å². The van der Waals surface area contributed by atoms with Gasteiger partial charge in [-0.15, -0.1) is 0 Å². The molecule has 3 rings (SSSR count). The van der Waals surface area contributed by atoms with Crippen LogP contribution in [0.25, 0.3) is 11.2 Å². The van der Waals surface area contributed by atoms with Crippen LogP contribution >= 0.6 is 11.6 Å². The van der Waals surface area contributed by atoms with E-state index in [9.17, 15) is 0 Å². The second kappa shape index (κ2) is 4.79. The van der Waals surface area contributed by atoms with Crippen LogP contribution in [0.3, 0.4) is 0 Å². The zero-order valence-corrected chi connectivity index (χ0v) is 10.4. The molecule has 2 atom stereocenters. The molecule has 96 valence electrons. The van der Waals surface area contributed by atoms with Crippen molar-refractivity contribution in [3.05, 3.63) is 17.8 Å². The molecule has 2 aromatic heterocycles. The lowest BCUT2D eigenvalue weighted by molar-refractivity contribution is -0.105. The summed E-state index contributed by atoms with van der Waals surface area (Å²) in [6.07, 6.45) is 5.59. The van der Waals surface area contributed by atoms with E-state index >= 15 is 0 Å². The number of fused-ring (bicyclic) bond motifs is 1. The lowest BCUT2D eigenvalue weighted by Gasteiger charge is -2.29. The van der Waals surface area contributed by atoms with Gasteiger partial charge < -0.3 is 9.84 Å². The molecule has 0 unspecified atom stereocenters. The summed E-state index contributed by atoms with van der Waals surface area (Å²) >= 11 is 5.96. The molecule has 0 spiro atoms. The topological polar surface area (TPSA) is 73.1 Å². The first kappa shape index (κ1) is 11.8. The van der Waals surface area contributed by atoms with Crippen LogP contribution in [0.5, 0.6) is 0 Å². The van der Waals surface area contributed by atoms with Crippen LogP contribution in [0.15, 0.2) is 12.7 Å². The highest BCUT2D eigenvalue weighted by molar-refractivity contribution is 6.33. The van der Waals surface area contributed by atoms with Gasteiger partial charge in [-0.2, -0.15) is 0 Å². The van der Waals surface area contributed by atoms with E-state index in [1.54, 1.807) is 6.33 Å². The Kier molecular flexibility index (Phi) is 3.15. The smallest absolute Gasteiger partial charge is 0.166 e. The van der Waals surface area contributed by atoms with E-state index in [1.165, 1.54) is 6.33 Å². The Labute approximate surface area is 109 Å². The van der Waals surface area contributed by atoms with E-state index in [2.05, 4.69) is 15.0 Å². The average Bonchev–Trinajstić information content (AvgIpc) is 2.84. The van der Waals surface area contributed by atoms with Crippen molar-refractivity contribution >= 4 is 22.8 Å². The van der Waals surface area contributed by atoms with Crippen molar-refractivity contribution in [3.63, 3.8) is 0 Å². The van der Waals surface area contributed by atoms with Gasteiger partial charge in [0.1, 0.15) is 18.1 Å². The van der Waals surface area contributed by atoms with E-state index in [-0.39, 0.29) is 18.9 Å². The third kappa shape index (κ3) is 1.96. The Balaban J connectivity index is 1.96. The predicted molar refractivity (Wildman–Crippen MR) is 65.2 cm³/mol. The van der Waals surface area contributed by atoms with E-state index < -0.39 is 0 Å². The number of rotatable bonds is 2. The maximum Gasteiger partial charge on any atom is 0.166 e. The predicted octanol–water partition coefficient (Wildman–Crippen LogP) is 1.54. The van der Waals surface area contributed by atoms with E-state index in [0.29, 0.717) is 16.3 Å². The molecule has 3 heterocycles. The first-order valence-electron chi connectivity index (χ1n) is 5.89. The molecule has 1 aliphatic heterocycles. The van der Waals surface area contributed by atoms with Crippen LogP contribution < -0.4 is 0 Å². The molecule has 0 saturated carbocycles. The molecule has 0 bridgehead atoms. The lowest BCUT2D eigenvalue weighted by atomic mass is 10.1. The average molecular weight is 269 g/mol. The maximum absolute atomic E-state index is 9.17. The van der Waals surface area contributed by atoms with Crippen LogP contribution in [-0.4, -0.2) is 37.3 Å². The largest absolute Gasteiger partial charge is 0.394 e. The number of nitrogens with zero attached hydrogens (tertiary/aromatic N) is 4. The van der Waals surface area contributed by atoms with E-state index in [1.807, 2.05) is 4.57 Å². The second-order valence-corrected chi connectivity index (χ2v) is 4.67. The SMILES string of the molecule is OC[C@H]1CCC[C@H](n2cnc3c(Cl)ncnc32)O1. The summed E-state index contributed by atoms with van der Waals surface area (Å²) in [5.74, 6) is 0. The summed E-state index contributed by atoms with van der Waals surface area (Å²) in [4.78, 5) is 12.3. The Morgan fingerprint density at radius 3 is 3.11 bits per heavy atom. The molecule has 0 amide bonds. The number of ether oxygens (including phenoxy) is 1. The number of imidazole rings is 1. The molecule has 7 heteroatoms. The van der Waals surface area contributed by atoms with Gasteiger partial charge in [0.15, 0.2) is 10.8 Å². The Bertz CT molecular complexity index is 559. The molecule has 1 saturated heterocycles. The Morgan fingerprint density at radius 2 is 2.28 bits per heavy atom. The standard InChI is InChI=1S/C11H13ClN4O2/c12-10-9-11(14-5-13-10)16(6-15-9)8-3-1-2-7(4-17)18-8/h5-8,17H,1-4H2/t7-,8-/m1/s1. The van der Waals surface area contributed by atoms with E-state index in [0.717, 1.165) is 19.3 Å². The molecule has 0 radical (unpaired) electrons. The van der Waals surface area contributed by atoms with Gasteiger partial charge in [-0.3, -0.25) is 4.57 Å². The number of halogens is 1. The summed E-state index contributed by atoms with van der Waals surface area (Å²) in [6, 6.07) is 0. The van der Waals surface area contributed by atoms with Gasteiger partial charge in [0, 0.05) is 0 Å². The van der Waals surface area contributed by atoms with Gasteiger partial charge in [-0.05, 0) is 19.3 Å². The van der Waals surface area contributed by atoms with Crippen LogP contribution in [0, 0.1) is 0 Å². The monoisotopic (exact) mass is 268 g/mol. The van der Waals surface area contributed by atoms with Gasteiger partial charge in [0.05, 0.1) is 19.0 Å². The highest BCUT2D eigenvalue weighted by Crippen LogP contribution is 2.29. The number of aliphatic hydroxyl groups excluding tert-OH is 1. The van der Waals surface area contributed by atoms with Crippen LogP contribution in [0.2, 0.25) is 5.15 Å².